The van der Waals surface area contributed by atoms with Crippen LogP contribution in [0, 0.1) is 0 Å². The van der Waals surface area contributed by atoms with E-state index in [1.807, 2.05) is 36.4 Å². The van der Waals surface area contributed by atoms with Gasteiger partial charge in [-0.3, -0.25) is 14.3 Å². The maximum Gasteiger partial charge on any atom is 0.272 e. The van der Waals surface area contributed by atoms with Gasteiger partial charge < -0.3 is 9.64 Å². The summed E-state index contributed by atoms with van der Waals surface area (Å²) in [5.41, 5.74) is 1.31. The average molecular weight is 440 g/mol. The van der Waals surface area contributed by atoms with E-state index in [1.54, 1.807) is 22.7 Å². The number of benzene rings is 2. The normalized spacial score (nSPS) is 21.2. The van der Waals surface area contributed by atoms with Crippen molar-refractivity contribution in [2.45, 2.75) is 18.4 Å². The highest BCUT2D eigenvalue weighted by Gasteiger charge is 2.47. The minimum absolute atomic E-state index is 0.0759. The molecule has 0 radical (unpaired) electrons. The number of ketones is 1. The first-order valence-corrected chi connectivity index (χ1v) is 9.98. The summed E-state index contributed by atoms with van der Waals surface area (Å²) in [6.07, 6.45) is 0.938. The predicted molar refractivity (Wildman–Crippen MR) is 108 cm³/mol. The Hall–Kier alpha value is -2.67. The number of fused-ring (bicyclic) bond motifs is 2. The summed E-state index contributed by atoms with van der Waals surface area (Å²) in [4.78, 5) is 27.7. The fourth-order valence-corrected chi connectivity index (χ4v) is 4.61. The van der Waals surface area contributed by atoms with Gasteiger partial charge in [-0.1, -0.05) is 28.1 Å². The van der Waals surface area contributed by atoms with E-state index in [1.165, 1.54) is 0 Å². The second kappa shape index (κ2) is 6.17. The highest BCUT2D eigenvalue weighted by Crippen LogP contribution is 2.39. The molecule has 2 aromatic carbocycles. The van der Waals surface area contributed by atoms with Crippen molar-refractivity contribution in [1.82, 2.24) is 14.7 Å². The van der Waals surface area contributed by atoms with Gasteiger partial charge in [0.2, 0.25) is 0 Å². The number of para-hydroxylation sites is 1. The van der Waals surface area contributed by atoms with Crippen molar-refractivity contribution in [3.8, 4) is 5.75 Å². The minimum Gasteiger partial charge on any atom is -0.484 e. The highest BCUT2D eigenvalue weighted by atomic mass is 79.9. The molecule has 7 heteroatoms. The Bertz CT molecular complexity index is 1140. The number of aromatic nitrogens is 2. The Balaban J connectivity index is 1.45. The van der Waals surface area contributed by atoms with Crippen LogP contribution < -0.4 is 4.74 Å². The molecule has 1 fully saturated rings. The standard InChI is InChI=1S/C21H18BrN3O3/c1-24-19(14-7-6-13(22)10-16(14)23-24)20(27)25-9-8-21(12-25)11-17(26)15-4-2-3-5-18(15)28-21/h2-7,10H,8-9,11-12H2,1H3. The molecule has 0 N–H and O–H groups in total. The zero-order chi connectivity index (χ0) is 19.5. The lowest BCUT2D eigenvalue weighted by atomic mass is 9.89. The molecule has 6 nitrogen and oxygen atoms in total. The van der Waals surface area contributed by atoms with Crippen LogP contribution in [0.3, 0.4) is 0 Å². The van der Waals surface area contributed by atoms with Crippen molar-refractivity contribution in [2.24, 2.45) is 7.05 Å². The summed E-state index contributed by atoms with van der Waals surface area (Å²) in [6.45, 7) is 0.951. The quantitative estimate of drug-likeness (QED) is 0.581. The lowest BCUT2D eigenvalue weighted by Gasteiger charge is -2.34. The van der Waals surface area contributed by atoms with E-state index in [4.69, 9.17) is 4.74 Å². The van der Waals surface area contributed by atoms with E-state index in [2.05, 4.69) is 21.0 Å². The Morgan fingerprint density at radius 3 is 2.93 bits per heavy atom. The second-order valence-electron chi connectivity index (χ2n) is 7.49. The minimum atomic E-state index is -0.640. The van der Waals surface area contributed by atoms with Gasteiger partial charge in [0, 0.05) is 29.9 Å². The zero-order valence-corrected chi connectivity index (χ0v) is 16.9. The molecule has 2 aliphatic heterocycles. The molecule has 1 saturated heterocycles. The van der Waals surface area contributed by atoms with Crippen molar-refractivity contribution in [1.29, 1.82) is 0 Å². The van der Waals surface area contributed by atoms with Crippen molar-refractivity contribution in [3.63, 3.8) is 0 Å². The van der Waals surface area contributed by atoms with Gasteiger partial charge in [0.1, 0.15) is 17.0 Å². The molecule has 1 aromatic heterocycles. The SMILES string of the molecule is Cn1nc2cc(Br)ccc2c1C(=O)N1CCC2(CC(=O)c3ccccc3O2)C1. The number of halogens is 1. The largest absolute Gasteiger partial charge is 0.484 e. The molecule has 3 heterocycles. The summed E-state index contributed by atoms with van der Waals surface area (Å²) >= 11 is 3.44. The average Bonchev–Trinajstić information content (AvgIpc) is 3.21. The second-order valence-corrected chi connectivity index (χ2v) is 8.41. The third kappa shape index (κ3) is 2.64. The number of hydrogen-bond acceptors (Lipinski definition) is 4. The van der Waals surface area contributed by atoms with Crippen LogP contribution in [0.15, 0.2) is 46.9 Å². The van der Waals surface area contributed by atoms with Gasteiger partial charge in [-0.05, 0) is 30.3 Å². The van der Waals surface area contributed by atoms with Crippen LogP contribution in [-0.4, -0.2) is 45.1 Å². The number of rotatable bonds is 1. The number of carbonyl (C=O) groups excluding carboxylic acids is 2. The van der Waals surface area contributed by atoms with E-state index in [0.717, 1.165) is 15.4 Å². The number of Topliss-reactive ketones (excluding diaryl/α,β-unsaturated/α-hetero) is 1. The van der Waals surface area contributed by atoms with Crippen LogP contribution in [0.1, 0.15) is 33.7 Å². The number of likely N-dealkylation sites (tertiary alicyclic amines) is 1. The van der Waals surface area contributed by atoms with Crippen molar-refractivity contribution in [2.75, 3.05) is 13.1 Å². The third-order valence-corrected chi connectivity index (χ3v) is 6.09. The molecule has 1 amide bonds. The number of hydrogen-bond donors (Lipinski definition) is 0. The van der Waals surface area contributed by atoms with Gasteiger partial charge in [0.25, 0.3) is 5.91 Å². The number of nitrogens with zero attached hydrogens (tertiary/aromatic N) is 3. The summed E-state index contributed by atoms with van der Waals surface area (Å²) in [6, 6.07) is 13.0. The Morgan fingerprint density at radius 1 is 1.25 bits per heavy atom. The van der Waals surface area contributed by atoms with Crippen LogP contribution in [-0.2, 0) is 7.05 Å². The third-order valence-electron chi connectivity index (χ3n) is 5.60. The number of carbonyl (C=O) groups is 2. The Kier molecular flexibility index (Phi) is 3.84. The maximum absolute atomic E-state index is 13.3. The fraction of sp³-hybridized carbons (Fsp3) is 0.286. The van der Waals surface area contributed by atoms with E-state index < -0.39 is 5.60 Å². The predicted octanol–water partition coefficient (Wildman–Crippen LogP) is 3.59. The van der Waals surface area contributed by atoms with E-state index in [9.17, 15) is 9.59 Å². The van der Waals surface area contributed by atoms with Gasteiger partial charge in [-0.15, -0.1) is 0 Å². The van der Waals surface area contributed by atoms with E-state index in [0.29, 0.717) is 42.9 Å². The Morgan fingerprint density at radius 2 is 2.07 bits per heavy atom. The van der Waals surface area contributed by atoms with Crippen LogP contribution in [0.2, 0.25) is 0 Å². The number of amides is 1. The monoisotopic (exact) mass is 439 g/mol. The molecule has 1 unspecified atom stereocenters. The summed E-state index contributed by atoms with van der Waals surface area (Å²) < 4.78 is 8.79. The van der Waals surface area contributed by atoms with Gasteiger partial charge in [-0.25, -0.2) is 0 Å². The topological polar surface area (TPSA) is 64.4 Å². The molecule has 1 spiro atoms. The first-order chi connectivity index (χ1) is 13.5. The first-order valence-electron chi connectivity index (χ1n) is 9.19. The number of aryl methyl sites for hydroxylation is 1. The highest BCUT2D eigenvalue weighted by molar-refractivity contribution is 9.10. The molecule has 5 rings (SSSR count). The van der Waals surface area contributed by atoms with Crippen molar-refractivity contribution in [3.05, 3.63) is 58.2 Å². The molecule has 2 aliphatic rings. The first kappa shape index (κ1) is 17.4. The molecular formula is C21H18BrN3O3. The number of ether oxygens (including phenoxy) is 1. The summed E-state index contributed by atoms with van der Waals surface area (Å²) in [7, 11) is 1.78. The van der Waals surface area contributed by atoms with Gasteiger partial charge in [0.05, 0.1) is 24.0 Å². The molecule has 1 atom stereocenters. The lowest BCUT2D eigenvalue weighted by molar-refractivity contribution is 0.0426. The molecular weight excluding hydrogens is 422 g/mol. The smallest absolute Gasteiger partial charge is 0.272 e. The molecule has 142 valence electrons. The maximum atomic E-state index is 13.3. The van der Waals surface area contributed by atoms with Crippen LogP contribution in [0.25, 0.3) is 10.9 Å². The summed E-state index contributed by atoms with van der Waals surface area (Å²) in [5, 5.41) is 5.29. The molecule has 0 bridgehead atoms. The van der Waals surface area contributed by atoms with E-state index >= 15 is 0 Å². The van der Waals surface area contributed by atoms with Crippen LogP contribution >= 0.6 is 15.9 Å². The van der Waals surface area contributed by atoms with Gasteiger partial charge >= 0.3 is 0 Å². The van der Waals surface area contributed by atoms with Gasteiger partial charge in [-0.2, -0.15) is 5.10 Å². The molecule has 0 aliphatic carbocycles. The van der Waals surface area contributed by atoms with Crippen molar-refractivity contribution < 1.29 is 14.3 Å². The lowest BCUT2D eigenvalue weighted by Crippen LogP contribution is -2.45. The van der Waals surface area contributed by atoms with Crippen LogP contribution in [0.4, 0.5) is 0 Å². The van der Waals surface area contributed by atoms with Gasteiger partial charge in [0.15, 0.2) is 5.78 Å². The van der Waals surface area contributed by atoms with Crippen LogP contribution in [0.5, 0.6) is 5.75 Å². The summed E-state index contributed by atoms with van der Waals surface area (Å²) in [5.74, 6) is 0.606. The zero-order valence-electron chi connectivity index (χ0n) is 15.3. The van der Waals surface area contributed by atoms with E-state index in [-0.39, 0.29) is 11.7 Å². The molecule has 3 aromatic rings. The Labute approximate surface area is 170 Å². The van der Waals surface area contributed by atoms with Crippen molar-refractivity contribution >= 4 is 38.5 Å². The molecule has 28 heavy (non-hydrogen) atoms. The fourth-order valence-electron chi connectivity index (χ4n) is 4.27. The molecule has 0 saturated carbocycles.